The molecule has 23 heavy (non-hydrogen) atoms. The van der Waals surface area contributed by atoms with E-state index in [0.717, 1.165) is 12.8 Å². The average Bonchev–Trinajstić information content (AvgIpc) is 2.77. The van der Waals surface area contributed by atoms with E-state index in [1.807, 2.05) is 6.92 Å². The number of rotatable bonds is 6. The molecule has 0 aliphatic carbocycles. The number of carbonyl (C=O) groups is 2. The second-order valence-corrected chi connectivity index (χ2v) is 6.09. The molecule has 4 nitrogen and oxygen atoms in total. The summed E-state index contributed by atoms with van der Waals surface area (Å²) in [6.07, 6.45) is 1.65. The van der Waals surface area contributed by atoms with Crippen LogP contribution < -0.4 is 0 Å². The highest BCUT2D eigenvalue weighted by molar-refractivity contribution is 6.09. The zero-order chi connectivity index (χ0) is 17.1. The maximum absolute atomic E-state index is 13.2. The molecule has 2 rings (SSSR count). The molecule has 1 aromatic carbocycles. The Labute approximate surface area is 135 Å². The second-order valence-electron chi connectivity index (χ2n) is 6.09. The summed E-state index contributed by atoms with van der Waals surface area (Å²) in [7, 11) is 0. The van der Waals surface area contributed by atoms with Gasteiger partial charge in [0.1, 0.15) is 5.82 Å². The molecule has 1 amide bonds. The SMILES string of the molecule is CCCCN1C(=O)C(O)=C(C(=O)C(C)C)C1c1ccc(F)cc1. The summed E-state index contributed by atoms with van der Waals surface area (Å²) in [6, 6.07) is 5.05. The fraction of sp³-hybridized carbons (Fsp3) is 0.444. The van der Waals surface area contributed by atoms with Gasteiger partial charge in [-0.1, -0.05) is 39.3 Å². The van der Waals surface area contributed by atoms with Gasteiger partial charge in [0.05, 0.1) is 11.6 Å². The molecule has 1 aliphatic rings. The van der Waals surface area contributed by atoms with Crippen LogP contribution in [0.15, 0.2) is 35.6 Å². The van der Waals surface area contributed by atoms with Crippen molar-refractivity contribution in [1.29, 1.82) is 0 Å². The predicted molar refractivity (Wildman–Crippen MR) is 85.3 cm³/mol. The third-order valence-electron chi connectivity index (χ3n) is 4.03. The molecule has 0 spiro atoms. The van der Waals surface area contributed by atoms with E-state index in [2.05, 4.69) is 0 Å². The highest BCUT2D eigenvalue weighted by Gasteiger charge is 2.43. The van der Waals surface area contributed by atoms with Gasteiger partial charge in [-0.3, -0.25) is 9.59 Å². The van der Waals surface area contributed by atoms with Crippen molar-refractivity contribution in [2.24, 2.45) is 5.92 Å². The molecule has 1 unspecified atom stereocenters. The first-order valence-electron chi connectivity index (χ1n) is 7.92. The topological polar surface area (TPSA) is 57.6 Å². The summed E-state index contributed by atoms with van der Waals surface area (Å²) in [5, 5.41) is 10.2. The van der Waals surface area contributed by atoms with Crippen LogP contribution in [0.25, 0.3) is 0 Å². The summed E-state index contributed by atoms with van der Waals surface area (Å²) >= 11 is 0. The summed E-state index contributed by atoms with van der Waals surface area (Å²) in [6.45, 7) is 5.89. The quantitative estimate of drug-likeness (QED) is 0.872. The van der Waals surface area contributed by atoms with Crippen LogP contribution in [0.2, 0.25) is 0 Å². The predicted octanol–water partition coefficient (Wildman–Crippen LogP) is 3.55. The molecule has 0 radical (unpaired) electrons. The third-order valence-corrected chi connectivity index (χ3v) is 4.03. The molecule has 0 saturated heterocycles. The number of amides is 1. The van der Waals surface area contributed by atoms with E-state index < -0.39 is 17.7 Å². The van der Waals surface area contributed by atoms with Crippen molar-refractivity contribution in [2.75, 3.05) is 6.54 Å². The van der Waals surface area contributed by atoms with Crippen molar-refractivity contribution in [3.63, 3.8) is 0 Å². The Hall–Kier alpha value is -2.17. The van der Waals surface area contributed by atoms with Crippen molar-refractivity contribution >= 4 is 11.7 Å². The Kier molecular flexibility index (Phi) is 5.19. The highest BCUT2D eigenvalue weighted by atomic mass is 19.1. The summed E-state index contributed by atoms with van der Waals surface area (Å²) in [4.78, 5) is 26.4. The number of hydrogen-bond acceptors (Lipinski definition) is 3. The number of hydrogen-bond donors (Lipinski definition) is 1. The molecule has 1 N–H and O–H groups in total. The molecule has 0 fully saturated rings. The van der Waals surface area contributed by atoms with Crippen LogP contribution in [0.4, 0.5) is 4.39 Å². The number of Topliss-reactive ketones (excluding diaryl/α,β-unsaturated/α-hetero) is 1. The maximum atomic E-state index is 13.2. The lowest BCUT2D eigenvalue weighted by atomic mass is 9.91. The van der Waals surface area contributed by atoms with Gasteiger partial charge in [-0.25, -0.2) is 4.39 Å². The molecule has 1 heterocycles. The smallest absolute Gasteiger partial charge is 0.290 e. The van der Waals surface area contributed by atoms with E-state index in [-0.39, 0.29) is 23.1 Å². The van der Waals surface area contributed by atoms with Gasteiger partial charge in [-0.2, -0.15) is 0 Å². The number of aliphatic hydroxyl groups excluding tert-OH is 1. The maximum Gasteiger partial charge on any atom is 0.290 e. The van der Waals surface area contributed by atoms with Crippen molar-refractivity contribution in [3.8, 4) is 0 Å². The van der Waals surface area contributed by atoms with Gasteiger partial charge in [0.2, 0.25) is 0 Å². The fourth-order valence-corrected chi connectivity index (χ4v) is 2.77. The van der Waals surface area contributed by atoms with Crippen LogP contribution in [-0.2, 0) is 9.59 Å². The molecule has 0 bridgehead atoms. The lowest BCUT2D eigenvalue weighted by Crippen LogP contribution is -2.32. The van der Waals surface area contributed by atoms with Crippen LogP contribution in [0.1, 0.15) is 45.2 Å². The summed E-state index contributed by atoms with van der Waals surface area (Å²) in [5.41, 5.74) is 0.747. The lowest BCUT2D eigenvalue weighted by Gasteiger charge is -2.27. The Bertz CT molecular complexity index is 634. The minimum atomic E-state index is -0.649. The number of unbranched alkanes of at least 4 members (excludes halogenated alkanes) is 1. The van der Waals surface area contributed by atoms with Gasteiger partial charge in [-0.15, -0.1) is 0 Å². The number of halogens is 1. The van der Waals surface area contributed by atoms with E-state index in [0.29, 0.717) is 12.1 Å². The first kappa shape index (κ1) is 17.2. The van der Waals surface area contributed by atoms with E-state index in [1.54, 1.807) is 26.0 Å². The Morgan fingerprint density at radius 1 is 1.30 bits per heavy atom. The zero-order valence-corrected chi connectivity index (χ0v) is 13.7. The minimum Gasteiger partial charge on any atom is -0.503 e. The van der Waals surface area contributed by atoms with Crippen molar-refractivity contribution in [1.82, 2.24) is 4.90 Å². The standard InChI is InChI=1S/C18H22FNO3/c1-4-5-10-20-15(12-6-8-13(19)9-7-12)14(16(21)11(2)3)17(22)18(20)23/h6-9,11,15,22H,4-5,10H2,1-3H3. The van der Waals surface area contributed by atoms with Crippen LogP contribution in [0.5, 0.6) is 0 Å². The third kappa shape index (κ3) is 3.28. The number of ketones is 1. The van der Waals surface area contributed by atoms with Gasteiger partial charge in [0.25, 0.3) is 5.91 Å². The van der Waals surface area contributed by atoms with Crippen LogP contribution >= 0.6 is 0 Å². The van der Waals surface area contributed by atoms with Gasteiger partial charge >= 0.3 is 0 Å². The van der Waals surface area contributed by atoms with Crippen LogP contribution in [-0.4, -0.2) is 28.2 Å². The first-order chi connectivity index (χ1) is 10.9. The Morgan fingerprint density at radius 2 is 1.91 bits per heavy atom. The number of nitrogens with zero attached hydrogens (tertiary/aromatic N) is 1. The van der Waals surface area contributed by atoms with Crippen molar-refractivity contribution in [2.45, 2.75) is 39.7 Å². The normalized spacial score (nSPS) is 18.2. The van der Waals surface area contributed by atoms with E-state index >= 15 is 0 Å². The zero-order valence-electron chi connectivity index (χ0n) is 13.7. The van der Waals surface area contributed by atoms with E-state index in [9.17, 15) is 19.1 Å². The van der Waals surface area contributed by atoms with Crippen LogP contribution in [0.3, 0.4) is 0 Å². The molecular formula is C18H22FNO3. The monoisotopic (exact) mass is 319 g/mol. The average molecular weight is 319 g/mol. The van der Waals surface area contributed by atoms with Crippen molar-refractivity contribution < 1.29 is 19.1 Å². The number of carbonyl (C=O) groups excluding carboxylic acids is 2. The number of aliphatic hydroxyl groups is 1. The minimum absolute atomic E-state index is 0.118. The molecule has 1 aliphatic heterocycles. The molecule has 1 aromatic rings. The lowest BCUT2D eigenvalue weighted by molar-refractivity contribution is -0.129. The van der Waals surface area contributed by atoms with Crippen molar-refractivity contribution in [3.05, 3.63) is 47.0 Å². The van der Waals surface area contributed by atoms with Gasteiger partial charge < -0.3 is 10.0 Å². The summed E-state index contributed by atoms with van der Waals surface area (Å²) in [5.74, 6) is -1.99. The number of benzene rings is 1. The Balaban J connectivity index is 2.49. The molecular weight excluding hydrogens is 297 g/mol. The Morgan fingerprint density at radius 3 is 2.43 bits per heavy atom. The molecule has 0 aromatic heterocycles. The van der Waals surface area contributed by atoms with Gasteiger partial charge in [-0.05, 0) is 24.1 Å². The first-order valence-corrected chi connectivity index (χ1v) is 7.92. The molecule has 5 heteroatoms. The van der Waals surface area contributed by atoms with E-state index in [1.165, 1.54) is 17.0 Å². The molecule has 1 atom stereocenters. The summed E-state index contributed by atoms with van der Waals surface area (Å²) < 4.78 is 13.2. The van der Waals surface area contributed by atoms with E-state index in [4.69, 9.17) is 0 Å². The van der Waals surface area contributed by atoms with Crippen LogP contribution in [0, 0.1) is 11.7 Å². The van der Waals surface area contributed by atoms with Gasteiger partial charge in [0.15, 0.2) is 11.5 Å². The van der Waals surface area contributed by atoms with Gasteiger partial charge in [0, 0.05) is 12.5 Å². The molecule has 124 valence electrons. The fourth-order valence-electron chi connectivity index (χ4n) is 2.77. The highest BCUT2D eigenvalue weighted by Crippen LogP contribution is 2.38. The largest absolute Gasteiger partial charge is 0.503 e. The second kappa shape index (κ2) is 6.94. The molecule has 0 saturated carbocycles.